The van der Waals surface area contributed by atoms with E-state index in [1.54, 1.807) is 7.11 Å². The molecule has 5 nitrogen and oxygen atoms in total. The van der Waals surface area contributed by atoms with Gasteiger partial charge in [0.05, 0.1) is 11.3 Å². The van der Waals surface area contributed by atoms with Crippen molar-refractivity contribution in [2.75, 3.05) is 19.4 Å². The van der Waals surface area contributed by atoms with Crippen LogP contribution in [0.4, 0.5) is 5.69 Å². The van der Waals surface area contributed by atoms with Crippen molar-refractivity contribution >= 4 is 33.1 Å². The summed E-state index contributed by atoms with van der Waals surface area (Å²) in [5.74, 6) is -0.183. The Morgan fingerprint density at radius 3 is 2.76 bits per heavy atom. The van der Waals surface area contributed by atoms with Gasteiger partial charge >= 0.3 is 0 Å². The molecule has 0 aliphatic heterocycles. The van der Waals surface area contributed by atoms with E-state index in [0.29, 0.717) is 17.1 Å². The van der Waals surface area contributed by atoms with Crippen LogP contribution in [0, 0.1) is 13.8 Å². The fourth-order valence-electron chi connectivity index (χ4n) is 2.08. The number of ether oxygens (including phenoxy) is 1. The SMILES string of the molecule is COC(C)(C)CNC(=O)c1sc2nc(C)cc(C)c2c1N. The highest BCUT2D eigenvalue weighted by atomic mass is 32.1. The Labute approximate surface area is 128 Å². The van der Waals surface area contributed by atoms with Gasteiger partial charge in [0.25, 0.3) is 5.91 Å². The molecule has 2 aromatic rings. The second kappa shape index (κ2) is 5.61. The van der Waals surface area contributed by atoms with E-state index >= 15 is 0 Å². The van der Waals surface area contributed by atoms with Crippen molar-refractivity contribution < 1.29 is 9.53 Å². The van der Waals surface area contributed by atoms with Gasteiger partial charge in [0, 0.05) is 24.7 Å². The van der Waals surface area contributed by atoms with E-state index in [1.165, 1.54) is 11.3 Å². The molecule has 0 saturated carbocycles. The molecule has 0 fully saturated rings. The summed E-state index contributed by atoms with van der Waals surface area (Å²) in [6.45, 7) is 8.16. The number of rotatable bonds is 4. The van der Waals surface area contributed by atoms with Gasteiger partial charge in [0.2, 0.25) is 0 Å². The lowest BCUT2D eigenvalue weighted by atomic mass is 10.1. The van der Waals surface area contributed by atoms with Gasteiger partial charge in [-0.2, -0.15) is 0 Å². The molecule has 0 bridgehead atoms. The van der Waals surface area contributed by atoms with Crippen molar-refractivity contribution in [1.29, 1.82) is 0 Å². The number of anilines is 1. The summed E-state index contributed by atoms with van der Waals surface area (Å²) in [7, 11) is 1.62. The first-order chi connectivity index (χ1) is 9.75. The number of thiophene rings is 1. The van der Waals surface area contributed by atoms with Crippen LogP contribution in [0.5, 0.6) is 0 Å². The molecule has 0 spiro atoms. The molecule has 0 radical (unpaired) electrons. The van der Waals surface area contributed by atoms with Crippen LogP contribution in [0.3, 0.4) is 0 Å². The average molecular weight is 307 g/mol. The summed E-state index contributed by atoms with van der Waals surface area (Å²) in [5.41, 5.74) is 8.21. The van der Waals surface area contributed by atoms with Gasteiger partial charge in [-0.15, -0.1) is 11.3 Å². The average Bonchev–Trinajstić information content (AvgIpc) is 2.73. The van der Waals surface area contributed by atoms with Crippen LogP contribution >= 0.6 is 11.3 Å². The first-order valence-electron chi connectivity index (χ1n) is 6.75. The van der Waals surface area contributed by atoms with Gasteiger partial charge in [-0.1, -0.05) is 0 Å². The normalized spacial score (nSPS) is 11.9. The lowest BCUT2D eigenvalue weighted by molar-refractivity contribution is 0.0229. The molecule has 114 valence electrons. The molecular weight excluding hydrogens is 286 g/mol. The van der Waals surface area contributed by atoms with Gasteiger partial charge in [-0.25, -0.2) is 4.98 Å². The zero-order chi connectivity index (χ0) is 15.8. The van der Waals surface area contributed by atoms with Crippen molar-refractivity contribution in [1.82, 2.24) is 10.3 Å². The lowest BCUT2D eigenvalue weighted by Gasteiger charge is -2.22. The van der Waals surface area contributed by atoms with E-state index in [0.717, 1.165) is 21.5 Å². The molecule has 0 unspecified atom stereocenters. The van der Waals surface area contributed by atoms with Gasteiger partial charge in [0.15, 0.2) is 0 Å². The minimum atomic E-state index is -0.411. The number of fused-ring (bicyclic) bond motifs is 1. The number of carbonyl (C=O) groups is 1. The first kappa shape index (κ1) is 15.7. The maximum atomic E-state index is 12.3. The molecule has 6 heteroatoms. The highest BCUT2D eigenvalue weighted by Gasteiger charge is 2.22. The third kappa shape index (κ3) is 3.16. The predicted octanol–water partition coefficient (Wildman–Crippen LogP) is 2.65. The Morgan fingerprint density at radius 2 is 2.14 bits per heavy atom. The standard InChI is InChI=1S/C15H21N3O2S/c1-8-6-9(2)18-14-10(8)11(16)12(21-14)13(19)17-7-15(3,4)20-5/h6H,7,16H2,1-5H3,(H,17,19). The second-order valence-electron chi connectivity index (χ2n) is 5.75. The van der Waals surface area contributed by atoms with Gasteiger partial charge in [0.1, 0.15) is 9.71 Å². The molecule has 2 heterocycles. The van der Waals surface area contributed by atoms with Crippen LogP contribution in [-0.2, 0) is 4.74 Å². The van der Waals surface area contributed by atoms with Crippen LogP contribution in [0.15, 0.2) is 6.07 Å². The van der Waals surface area contributed by atoms with Crippen LogP contribution in [-0.4, -0.2) is 30.1 Å². The second-order valence-corrected chi connectivity index (χ2v) is 6.75. The van der Waals surface area contributed by atoms with Crippen LogP contribution in [0.2, 0.25) is 0 Å². The summed E-state index contributed by atoms with van der Waals surface area (Å²) in [4.78, 5) is 18.1. The number of amides is 1. The van der Waals surface area contributed by atoms with E-state index < -0.39 is 5.60 Å². The third-order valence-electron chi connectivity index (χ3n) is 3.46. The van der Waals surface area contributed by atoms with E-state index in [4.69, 9.17) is 10.5 Å². The first-order valence-corrected chi connectivity index (χ1v) is 7.56. The Balaban J connectivity index is 2.32. The molecule has 0 aliphatic rings. The molecule has 0 saturated heterocycles. The summed E-state index contributed by atoms with van der Waals surface area (Å²) >= 11 is 1.33. The van der Waals surface area contributed by atoms with Crippen molar-refractivity contribution in [3.8, 4) is 0 Å². The zero-order valence-electron chi connectivity index (χ0n) is 13.0. The number of hydrogen-bond acceptors (Lipinski definition) is 5. The molecule has 2 aromatic heterocycles. The minimum Gasteiger partial charge on any atom is -0.397 e. The topological polar surface area (TPSA) is 77.2 Å². The maximum Gasteiger partial charge on any atom is 0.263 e. The molecule has 0 aromatic carbocycles. The third-order valence-corrected chi connectivity index (χ3v) is 4.56. The maximum absolute atomic E-state index is 12.3. The summed E-state index contributed by atoms with van der Waals surface area (Å²) in [5, 5.41) is 3.74. The number of aryl methyl sites for hydroxylation is 2. The number of nitrogen functional groups attached to an aromatic ring is 1. The largest absolute Gasteiger partial charge is 0.397 e. The summed E-state index contributed by atoms with van der Waals surface area (Å²) in [6.07, 6.45) is 0. The Hall–Kier alpha value is -1.66. The minimum absolute atomic E-state index is 0.183. The van der Waals surface area contributed by atoms with Gasteiger partial charge < -0.3 is 15.8 Å². The summed E-state index contributed by atoms with van der Waals surface area (Å²) < 4.78 is 5.29. The zero-order valence-corrected chi connectivity index (χ0v) is 13.9. The van der Waals surface area contributed by atoms with Crippen LogP contribution in [0.25, 0.3) is 10.2 Å². The molecule has 0 atom stereocenters. The fourth-order valence-corrected chi connectivity index (χ4v) is 3.22. The van der Waals surface area contributed by atoms with Crippen molar-refractivity contribution in [3.63, 3.8) is 0 Å². The lowest BCUT2D eigenvalue weighted by Crippen LogP contribution is -2.39. The highest BCUT2D eigenvalue weighted by molar-refractivity contribution is 7.21. The van der Waals surface area contributed by atoms with E-state index in [1.807, 2.05) is 33.8 Å². The Kier molecular flexibility index (Phi) is 4.20. The molecule has 1 amide bonds. The molecule has 0 aliphatic carbocycles. The van der Waals surface area contributed by atoms with Gasteiger partial charge in [-0.05, 0) is 39.3 Å². The monoisotopic (exact) mass is 307 g/mol. The fraction of sp³-hybridized carbons (Fsp3) is 0.467. The van der Waals surface area contributed by atoms with Crippen molar-refractivity contribution in [2.24, 2.45) is 0 Å². The molecule has 2 rings (SSSR count). The molecule has 21 heavy (non-hydrogen) atoms. The van der Waals surface area contributed by atoms with E-state index in [9.17, 15) is 4.79 Å². The molecule has 3 N–H and O–H groups in total. The van der Waals surface area contributed by atoms with Crippen LogP contribution < -0.4 is 11.1 Å². The number of aromatic nitrogens is 1. The number of nitrogens with one attached hydrogen (secondary N) is 1. The number of pyridine rings is 1. The quantitative estimate of drug-likeness (QED) is 0.910. The Morgan fingerprint density at radius 1 is 1.48 bits per heavy atom. The summed E-state index contributed by atoms with van der Waals surface area (Å²) in [6, 6.07) is 1.97. The Bertz CT molecular complexity index is 692. The van der Waals surface area contributed by atoms with Crippen molar-refractivity contribution in [2.45, 2.75) is 33.3 Å². The number of nitrogens with zero attached hydrogens (tertiary/aromatic N) is 1. The van der Waals surface area contributed by atoms with Gasteiger partial charge in [-0.3, -0.25) is 4.79 Å². The van der Waals surface area contributed by atoms with Crippen molar-refractivity contribution in [3.05, 3.63) is 22.2 Å². The number of nitrogens with two attached hydrogens (primary N) is 1. The van der Waals surface area contributed by atoms with E-state index in [2.05, 4.69) is 10.3 Å². The number of carbonyl (C=O) groups excluding carboxylic acids is 1. The predicted molar refractivity (Wildman–Crippen MR) is 86.9 cm³/mol. The van der Waals surface area contributed by atoms with Crippen LogP contribution in [0.1, 0.15) is 34.8 Å². The smallest absolute Gasteiger partial charge is 0.263 e. The number of hydrogen-bond donors (Lipinski definition) is 2. The number of methoxy groups -OCH3 is 1. The molecular formula is C15H21N3O2S. The van der Waals surface area contributed by atoms with E-state index in [-0.39, 0.29) is 5.91 Å². The highest BCUT2D eigenvalue weighted by Crippen LogP contribution is 2.34.